The third-order valence-corrected chi connectivity index (χ3v) is 5.06. The van der Waals surface area contributed by atoms with E-state index in [2.05, 4.69) is 33.9 Å². The van der Waals surface area contributed by atoms with Crippen molar-refractivity contribution in [3.8, 4) is 0 Å². The van der Waals surface area contributed by atoms with E-state index in [-0.39, 0.29) is 18.1 Å². The molecule has 2 aromatic rings. The average molecular weight is 325 g/mol. The molecule has 1 fully saturated rings. The number of anilines is 1. The van der Waals surface area contributed by atoms with Crippen molar-refractivity contribution in [3.05, 3.63) is 42.0 Å². The third-order valence-electron chi connectivity index (χ3n) is 5.06. The van der Waals surface area contributed by atoms with E-state index in [9.17, 15) is 4.79 Å². The van der Waals surface area contributed by atoms with Crippen LogP contribution in [0.2, 0.25) is 0 Å². The number of fused-ring (bicyclic) bond motifs is 3. The fourth-order valence-electron chi connectivity index (χ4n) is 3.93. The Morgan fingerprint density at radius 1 is 1.17 bits per heavy atom. The van der Waals surface area contributed by atoms with Crippen LogP contribution in [0.1, 0.15) is 44.3 Å². The smallest absolute Gasteiger partial charge is 0.316 e. The maximum absolute atomic E-state index is 12.8. The molecule has 2 aliphatic rings. The van der Waals surface area contributed by atoms with Crippen molar-refractivity contribution < 1.29 is 4.79 Å². The molecule has 126 valence electrons. The molecule has 2 aliphatic heterocycles. The highest BCUT2D eigenvalue weighted by Gasteiger charge is 2.41. The molecule has 0 radical (unpaired) electrons. The molecular formula is C18H23N5O. The van der Waals surface area contributed by atoms with Crippen molar-refractivity contribution in [2.24, 2.45) is 0 Å². The number of hydrogen-bond donors (Lipinski definition) is 1. The van der Waals surface area contributed by atoms with Crippen LogP contribution >= 0.6 is 0 Å². The number of hydrogen-bond acceptors (Lipinski definition) is 3. The number of nitrogens with one attached hydrogen (secondary N) is 1. The molecule has 0 saturated carbocycles. The Hall–Kier alpha value is -2.37. The molecule has 1 aromatic carbocycles. The highest BCUT2D eigenvalue weighted by molar-refractivity contribution is 5.90. The monoisotopic (exact) mass is 325 g/mol. The summed E-state index contributed by atoms with van der Waals surface area (Å²) >= 11 is 0. The Bertz CT molecular complexity index is 739. The summed E-state index contributed by atoms with van der Waals surface area (Å²) in [6.07, 6.45) is 2.87. The fraction of sp³-hybridized carbons (Fsp3) is 0.500. The number of aromatic nitrogens is 3. The van der Waals surface area contributed by atoms with Gasteiger partial charge < -0.3 is 14.8 Å². The van der Waals surface area contributed by atoms with E-state index >= 15 is 0 Å². The van der Waals surface area contributed by atoms with Gasteiger partial charge >= 0.3 is 6.03 Å². The summed E-state index contributed by atoms with van der Waals surface area (Å²) in [7, 11) is 0. The first-order valence-corrected chi connectivity index (χ1v) is 8.70. The van der Waals surface area contributed by atoms with Crippen molar-refractivity contribution in [3.63, 3.8) is 0 Å². The fourth-order valence-corrected chi connectivity index (χ4v) is 3.93. The van der Waals surface area contributed by atoms with Gasteiger partial charge in [-0.3, -0.25) is 0 Å². The minimum Gasteiger partial charge on any atom is -0.316 e. The average Bonchev–Trinajstić information content (AvgIpc) is 3.08. The number of para-hydroxylation sites is 1. The highest BCUT2D eigenvalue weighted by Crippen LogP contribution is 2.32. The lowest BCUT2D eigenvalue weighted by Crippen LogP contribution is -2.44. The van der Waals surface area contributed by atoms with E-state index in [1.807, 2.05) is 35.2 Å². The lowest BCUT2D eigenvalue weighted by molar-refractivity contribution is 0.184. The summed E-state index contributed by atoms with van der Waals surface area (Å²) in [6, 6.07) is 10.1. The Kier molecular flexibility index (Phi) is 3.75. The number of amides is 2. The molecule has 6 nitrogen and oxygen atoms in total. The number of carbonyl (C=O) groups is 1. The second kappa shape index (κ2) is 5.92. The van der Waals surface area contributed by atoms with Gasteiger partial charge in [0.25, 0.3) is 0 Å². The Labute approximate surface area is 141 Å². The van der Waals surface area contributed by atoms with Crippen molar-refractivity contribution >= 4 is 11.7 Å². The molecule has 2 atom stereocenters. The molecule has 4 rings (SSSR count). The lowest BCUT2D eigenvalue weighted by atomic mass is 10.1. The van der Waals surface area contributed by atoms with Gasteiger partial charge in [-0.2, -0.15) is 0 Å². The van der Waals surface area contributed by atoms with Gasteiger partial charge in [-0.05, 0) is 25.0 Å². The molecule has 24 heavy (non-hydrogen) atoms. The summed E-state index contributed by atoms with van der Waals surface area (Å²) in [5.74, 6) is 2.39. The van der Waals surface area contributed by atoms with Crippen LogP contribution < -0.4 is 5.32 Å². The first-order chi connectivity index (χ1) is 11.6. The summed E-state index contributed by atoms with van der Waals surface area (Å²) in [5.41, 5.74) is 0.841. The molecule has 0 spiro atoms. The zero-order valence-electron chi connectivity index (χ0n) is 14.1. The van der Waals surface area contributed by atoms with Crippen molar-refractivity contribution in [1.29, 1.82) is 0 Å². The largest absolute Gasteiger partial charge is 0.322 e. The zero-order chi connectivity index (χ0) is 16.7. The number of benzene rings is 1. The quantitative estimate of drug-likeness (QED) is 0.923. The van der Waals surface area contributed by atoms with E-state index in [1.54, 1.807) is 0 Å². The topological polar surface area (TPSA) is 63.1 Å². The predicted molar refractivity (Wildman–Crippen MR) is 91.9 cm³/mol. The number of urea groups is 1. The van der Waals surface area contributed by atoms with Crippen LogP contribution in [0.15, 0.2) is 30.3 Å². The van der Waals surface area contributed by atoms with Crippen molar-refractivity contribution in [2.45, 2.75) is 57.7 Å². The SMILES string of the molecule is CC(C)c1nnc2n1C[C@H]1CC[C@@H](C2)N1C(=O)Nc1ccccc1. The van der Waals surface area contributed by atoms with Gasteiger partial charge in [0.2, 0.25) is 0 Å². The Morgan fingerprint density at radius 3 is 2.67 bits per heavy atom. The standard InChI is InChI=1S/C18H23N5O/c1-12(2)17-21-20-16-10-14-8-9-15(11-22(16)17)23(14)18(24)19-13-6-4-3-5-7-13/h3-7,12,14-15H,8-11H2,1-2H3,(H,19,24)/t14-,15+/m0/s1. The van der Waals surface area contributed by atoms with Gasteiger partial charge in [0.05, 0.1) is 6.04 Å². The molecule has 1 saturated heterocycles. The van der Waals surface area contributed by atoms with Crippen molar-refractivity contribution in [1.82, 2.24) is 19.7 Å². The maximum atomic E-state index is 12.8. The molecule has 0 unspecified atom stereocenters. The minimum atomic E-state index is -0.00138. The minimum absolute atomic E-state index is 0.00138. The van der Waals surface area contributed by atoms with Crippen LogP contribution in [0.25, 0.3) is 0 Å². The number of nitrogens with zero attached hydrogens (tertiary/aromatic N) is 4. The molecule has 1 aromatic heterocycles. The summed E-state index contributed by atoms with van der Waals surface area (Å²) in [6.45, 7) is 5.08. The Morgan fingerprint density at radius 2 is 1.92 bits per heavy atom. The normalized spacial score (nSPS) is 22.4. The van der Waals surface area contributed by atoms with Gasteiger partial charge in [-0.25, -0.2) is 4.79 Å². The first-order valence-electron chi connectivity index (χ1n) is 8.70. The summed E-state index contributed by atoms with van der Waals surface area (Å²) in [5, 5.41) is 11.8. The lowest BCUT2D eigenvalue weighted by Gasteiger charge is -2.28. The molecule has 1 N–H and O–H groups in total. The van der Waals surface area contributed by atoms with Crippen LogP contribution in [0.3, 0.4) is 0 Å². The van der Waals surface area contributed by atoms with Gasteiger partial charge in [-0.1, -0.05) is 32.0 Å². The third kappa shape index (κ3) is 2.56. The highest BCUT2D eigenvalue weighted by atomic mass is 16.2. The second-order valence-electron chi connectivity index (χ2n) is 7.03. The van der Waals surface area contributed by atoms with Crippen LogP contribution in [-0.4, -0.2) is 37.8 Å². The molecule has 2 amide bonds. The molecule has 3 heterocycles. The van der Waals surface area contributed by atoms with Crippen LogP contribution in [0.4, 0.5) is 10.5 Å². The Balaban J connectivity index is 1.58. The van der Waals surface area contributed by atoms with Gasteiger partial charge in [-0.15, -0.1) is 10.2 Å². The van der Waals surface area contributed by atoms with Crippen LogP contribution in [0, 0.1) is 0 Å². The first kappa shape index (κ1) is 15.2. The van der Waals surface area contributed by atoms with Gasteiger partial charge in [0.1, 0.15) is 11.6 Å². The molecular weight excluding hydrogens is 302 g/mol. The number of rotatable bonds is 2. The second-order valence-corrected chi connectivity index (χ2v) is 7.03. The molecule has 2 bridgehead atoms. The zero-order valence-corrected chi connectivity index (χ0v) is 14.1. The van der Waals surface area contributed by atoms with E-state index in [1.165, 1.54) is 0 Å². The molecule has 0 aliphatic carbocycles. The van der Waals surface area contributed by atoms with Gasteiger partial charge in [0, 0.05) is 30.6 Å². The summed E-state index contributed by atoms with van der Waals surface area (Å²) < 4.78 is 2.23. The van der Waals surface area contributed by atoms with E-state index in [0.29, 0.717) is 5.92 Å². The van der Waals surface area contributed by atoms with Gasteiger partial charge in [0.15, 0.2) is 0 Å². The maximum Gasteiger partial charge on any atom is 0.322 e. The van der Waals surface area contributed by atoms with E-state index < -0.39 is 0 Å². The molecule has 6 heteroatoms. The van der Waals surface area contributed by atoms with E-state index in [4.69, 9.17) is 0 Å². The summed E-state index contributed by atoms with van der Waals surface area (Å²) in [4.78, 5) is 14.9. The van der Waals surface area contributed by atoms with Crippen LogP contribution in [-0.2, 0) is 13.0 Å². The van der Waals surface area contributed by atoms with Crippen molar-refractivity contribution in [2.75, 3.05) is 5.32 Å². The number of carbonyl (C=O) groups excluding carboxylic acids is 1. The predicted octanol–water partition coefficient (Wildman–Crippen LogP) is 3.02. The van der Waals surface area contributed by atoms with E-state index in [0.717, 1.165) is 43.1 Å². The van der Waals surface area contributed by atoms with Crippen LogP contribution in [0.5, 0.6) is 0 Å².